The first-order chi connectivity index (χ1) is 10.3. The largest absolute Gasteiger partial charge is 0.298 e. The summed E-state index contributed by atoms with van der Waals surface area (Å²) >= 11 is 6.18. The van der Waals surface area contributed by atoms with Gasteiger partial charge in [-0.3, -0.25) is 9.89 Å². The van der Waals surface area contributed by atoms with E-state index in [1.165, 1.54) is 16.8 Å². The molecule has 0 N–H and O–H groups in total. The Kier molecular flexibility index (Phi) is 3.00. The third-order valence-electron chi connectivity index (χ3n) is 3.89. The first-order valence-electron chi connectivity index (χ1n) is 7.04. The fraction of sp³-hybridized carbons (Fsp3) is 0.176. The number of aliphatic imine (C=N–C) groups is 1. The molecule has 0 bridgehead atoms. The number of fused-ring (bicyclic) bond motifs is 1. The molecule has 0 aliphatic carbocycles. The van der Waals surface area contributed by atoms with E-state index in [-0.39, 0.29) is 0 Å². The molecule has 0 amide bonds. The number of dihydropyridines is 1. The van der Waals surface area contributed by atoms with Gasteiger partial charge in [-0.15, -0.1) is 0 Å². The van der Waals surface area contributed by atoms with E-state index >= 15 is 0 Å². The number of anilines is 2. The number of nitrogens with zero attached hydrogens (tertiary/aromatic N) is 3. The minimum atomic E-state index is 0.738. The van der Waals surface area contributed by atoms with Gasteiger partial charge in [0.15, 0.2) is 0 Å². The number of rotatable bonds is 1. The minimum Gasteiger partial charge on any atom is -0.298 e. The molecular weight excluding hydrogens is 282 g/mol. The van der Waals surface area contributed by atoms with Crippen molar-refractivity contribution >= 4 is 29.3 Å². The summed E-state index contributed by atoms with van der Waals surface area (Å²) in [4.78, 5) is 11.3. The second-order valence-corrected chi connectivity index (χ2v) is 5.67. The monoisotopic (exact) mass is 295 g/mol. The second-order valence-electron chi connectivity index (χ2n) is 5.24. The number of pyridine rings is 1. The highest BCUT2D eigenvalue weighted by atomic mass is 35.5. The van der Waals surface area contributed by atoms with Gasteiger partial charge in [0.25, 0.3) is 0 Å². The molecule has 0 fully saturated rings. The van der Waals surface area contributed by atoms with Gasteiger partial charge in [0.05, 0.1) is 0 Å². The zero-order valence-electron chi connectivity index (χ0n) is 11.5. The third-order valence-corrected chi connectivity index (χ3v) is 4.13. The summed E-state index contributed by atoms with van der Waals surface area (Å²) in [6.07, 6.45) is 5.69. The highest BCUT2D eigenvalue weighted by molar-refractivity contribution is 6.30. The lowest BCUT2D eigenvalue weighted by molar-refractivity contribution is 0.848. The summed E-state index contributed by atoms with van der Waals surface area (Å²) in [6, 6.07) is 12.1. The maximum atomic E-state index is 6.18. The lowest BCUT2D eigenvalue weighted by atomic mass is 9.95. The van der Waals surface area contributed by atoms with Crippen LogP contribution in [-0.2, 0) is 6.42 Å². The van der Waals surface area contributed by atoms with Gasteiger partial charge in [0, 0.05) is 48.2 Å². The minimum absolute atomic E-state index is 0.738. The Morgan fingerprint density at radius 1 is 1.14 bits per heavy atom. The van der Waals surface area contributed by atoms with Crippen molar-refractivity contribution in [2.75, 3.05) is 11.4 Å². The molecule has 21 heavy (non-hydrogen) atoms. The molecule has 0 spiro atoms. The molecule has 0 saturated heterocycles. The summed E-state index contributed by atoms with van der Waals surface area (Å²) in [7, 11) is 0. The number of benzene rings is 1. The molecule has 2 aromatic rings. The summed E-state index contributed by atoms with van der Waals surface area (Å²) in [5.74, 6) is 1.01. The molecule has 4 heteroatoms. The molecular formula is C17H14ClN3. The van der Waals surface area contributed by atoms with Gasteiger partial charge in [-0.05, 0) is 35.4 Å². The Bertz CT molecular complexity index is 764. The molecule has 4 rings (SSSR count). The molecule has 104 valence electrons. The fourth-order valence-corrected chi connectivity index (χ4v) is 3.16. The summed E-state index contributed by atoms with van der Waals surface area (Å²) < 4.78 is 0. The Morgan fingerprint density at radius 3 is 3.00 bits per heavy atom. The summed E-state index contributed by atoms with van der Waals surface area (Å²) in [5, 5.41) is 0.738. The van der Waals surface area contributed by atoms with E-state index in [0.717, 1.165) is 35.9 Å². The van der Waals surface area contributed by atoms with Gasteiger partial charge in [-0.1, -0.05) is 23.7 Å². The van der Waals surface area contributed by atoms with Crippen molar-refractivity contribution in [1.29, 1.82) is 0 Å². The number of aromatic nitrogens is 1. The molecule has 0 radical (unpaired) electrons. The average Bonchev–Trinajstić information content (AvgIpc) is 2.52. The Morgan fingerprint density at radius 2 is 2.10 bits per heavy atom. The quantitative estimate of drug-likeness (QED) is 0.790. The molecule has 2 aliphatic rings. The smallest absolute Gasteiger partial charge is 0.140 e. The van der Waals surface area contributed by atoms with E-state index in [1.54, 1.807) is 0 Å². The van der Waals surface area contributed by atoms with Gasteiger partial charge >= 0.3 is 0 Å². The SMILES string of the molecule is Clc1cccc(N2C3=C(C=NCC3)Cc3cccnc32)c1. The number of hydrogen-bond acceptors (Lipinski definition) is 3. The Hall–Kier alpha value is -2.13. The van der Waals surface area contributed by atoms with E-state index < -0.39 is 0 Å². The Balaban J connectivity index is 1.93. The van der Waals surface area contributed by atoms with Crippen LogP contribution in [0.4, 0.5) is 11.5 Å². The molecule has 0 atom stereocenters. The van der Waals surface area contributed by atoms with Crippen molar-refractivity contribution in [2.45, 2.75) is 12.8 Å². The van der Waals surface area contributed by atoms with Crippen LogP contribution in [0.5, 0.6) is 0 Å². The highest BCUT2D eigenvalue weighted by Gasteiger charge is 2.27. The topological polar surface area (TPSA) is 28.5 Å². The van der Waals surface area contributed by atoms with Crippen LogP contribution in [0, 0.1) is 0 Å². The third kappa shape index (κ3) is 2.14. The molecule has 2 aliphatic heterocycles. The maximum absolute atomic E-state index is 6.18. The van der Waals surface area contributed by atoms with E-state index in [0.29, 0.717) is 0 Å². The molecule has 1 aromatic heterocycles. The number of allylic oxidation sites excluding steroid dienone is 1. The lowest BCUT2D eigenvalue weighted by Crippen LogP contribution is -2.27. The summed E-state index contributed by atoms with van der Waals surface area (Å²) in [5.41, 5.74) is 4.86. The van der Waals surface area contributed by atoms with Crippen LogP contribution in [-0.4, -0.2) is 17.7 Å². The second kappa shape index (κ2) is 5.01. The van der Waals surface area contributed by atoms with Crippen molar-refractivity contribution in [3.63, 3.8) is 0 Å². The normalized spacial score (nSPS) is 16.7. The first kappa shape index (κ1) is 12.6. The predicted octanol–water partition coefficient (Wildman–Crippen LogP) is 4.16. The van der Waals surface area contributed by atoms with Crippen LogP contribution in [0.1, 0.15) is 12.0 Å². The molecule has 3 heterocycles. The van der Waals surface area contributed by atoms with Crippen LogP contribution >= 0.6 is 11.6 Å². The van der Waals surface area contributed by atoms with E-state index in [9.17, 15) is 0 Å². The van der Waals surface area contributed by atoms with E-state index in [2.05, 4.69) is 27.0 Å². The first-order valence-corrected chi connectivity index (χ1v) is 7.42. The molecule has 3 nitrogen and oxygen atoms in total. The van der Waals surface area contributed by atoms with Gasteiger partial charge in [-0.25, -0.2) is 4.98 Å². The van der Waals surface area contributed by atoms with Gasteiger partial charge in [-0.2, -0.15) is 0 Å². The highest BCUT2D eigenvalue weighted by Crippen LogP contribution is 2.39. The van der Waals surface area contributed by atoms with Gasteiger partial charge < -0.3 is 0 Å². The predicted molar refractivity (Wildman–Crippen MR) is 86.5 cm³/mol. The van der Waals surface area contributed by atoms with Crippen LogP contribution in [0.3, 0.4) is 0 Å². The van der Waals surface area contributed by atoms with Crippen molar-refractivity contribution in [2.24, 2.45) is 4.99 Å². The van der Waals surface area contributed by atoms with Crippen molar-refractivity contribution in [3.05, 3.63) is 64.5 Å². The van der Waals surface area contributed by atoms with E-state index in [1.807, 2.05) is 36.7 Å². The number of halogens is 1. The van der Waals surface area contributed by atoms with Crippen molar-refractivity contribution in [1.82, 2.24) is 4.98 Å². The van der Waals surface area contributed by atoms with Crippen molar-refractivity contribution in [3.8, 4) is 0 Å². The molecule has 1 aromatic carbocycles. The zero-order chi connectivity index (χ0) is 14.2. The van der Waals surface area contributed by atoms with Gasteiger partial charge in [0.1, 0.15) is 5.82 Å². The standard InChI is InChI=1S/C17H14ClN3/c18-14-4-1-5-15(10-14)21-16-6-8-19-11-13(16)9-12-3-2-7-20-17(12)21/h1-5,7,10-11H,6,8-9H2. The Labute approximate surface area is 128 Å². The van der Waals surface area contributed by atoms with Crippen LogP contribution in [0.15, 0.2) is 58.9 Å². The average molecular weight is 296 g/mol. The van der Waals surface area contributed by atoms with Crippen LogP contribution in [0.25, 0.3) is 0 Å². The van der Waals surface area contributed by atoms with Gasteiger partial charge in [0.2, 0.25) is 0 Å². The fourth-order valence-electron chi connectivity index (χ4n) is 2.98. The molecule has 0 unspecified atom stereocenters. The zero-order valence-corrected chi connectivity index (χ0v) is 12.2. The lowest BCUT2D eigenvalue weighted by Gasteiger charge is -2.35. The summed E-state index contributed by atoms with van der Waals surface area (Å²) in [6.45, 7) is 0.831. The molecule has 0 saturated carbocycles. The maximum Gasteiger partial charge on any atom is 0.140 e. The van der Waals surface area contributed by atoms with Crippen LogP contribution < -0.4 is 4.90 Å². The number of hydrogen-bond donors (Lipinski definition) is 0. The van der Waals surface area contributed by atoms with E-state index in [4.69, 9.17) is 11.6 Å². The van der Waals surface area contributed by atoms with Crippen LogP contribution in [0.2, 0.25) is 5.02 Å². The van der Waals surface area contributed by atoms with Crippen molar-refractivity contribution < 1.29 is 0 Å².